The Labute approximate surface area is 184 Å². The number of rotatable bonds is 3. The second-order valence-corrected chi connectivity index (χ2v) is 11.4. The quantitative estimate of drug-likeness (QED) is 0.216. The van der Waals surface area contributed by atoms with Crippen LogP contribution in [0.4, 0.5) is 11.4 Å². The average molecular weight is 491 g/mol. The number of benzene rings is 2. The van der Waals surface area contributed by atoms with Crippen molar-refractivity contribution in [2.75, 3.05) is 17.6 Å². The van der Waals surface area contributed by atoms with Gasteiger partial charge < -0.3 is 11.1 Å². The zero-order chi connectivity index (χ0) is 22.6. The third-order valence-electron chi connectivity index (χ3n) is 5.80. The average Bonchev–Trinajstić information content (AvgIpc) is 3.24. The standard InChI is InChI=1S/C14H20N2.C8H10AsNO5/c15-13-7-2-4-10-11(13)5-1-6-12(10)14-8-3-9-16-14;1-5(11)10-7-4-6(9(13,14)15)2-3-8(7)12/h2,4,7,12,14,16H,1,3,5-6,8-9,15H2;2-4,12H,1H3,(H,10,11)(H2,13,14,15). The molecule has 1 saturated heterocycles. The number of fused-ring (bicyclic) bond motifs is 1. The van der Waals surface area contributed by atoms with Gasteiger partial charge in [-0.3, -0.25) is 0 Å². The molecule has 2 aromatic carbocycles. The Morgan fingerprint density at radius 3 is 2.61 bits per heavy atom. The first kappa shape index (κ1) is 23.4. The summed E-state index contributed by atoms with van der Waals surface area (Å²) in [7, 11) is 0. The largest absolute Gasteiger partial charge is 0.398 e. The van der Waals surface area contributed by atoms with Gasteiger partial charge in [-0.05, 0) is 61.8 Å². The normalized spacial score (nSPS) is 20.4. The Balaban J connectivity index is 0.000000176. The molecule has 168 valence electrons. The number of carbonyl (C=O) groups is 1. The number of hydrogen-bond acceptors (Lipinski definition) is 5. The molecule has 8 nitrogen and oxygen atoms in total. The van der Waals surface area contributed by atoms with E-state index in [4.69, 9.17) is 13.9 Å². The number of nitrogens with two attached hydrogens (primary N) is 1. The van der Waals surface area contributed by atoms with E-state index in [1.54, 1.807) is 0 Å². The van der Waals surface area contributed by atoms with Crippen LogP contribution in [0.1, 0.15) is 49.7 Å². The van der Waals surface area contributed by atoms with E-state index in [2.05, 4.69) is 22.8 Å². The molecule has 1 aliphatic heterocycles. The van der Waals surface area contributed by atoms with Gasteiger partial charge in [0, 0.05) is 11.7 Å². The van der Waals surface area contributed by atoms with E-state index in [9.17, 15) is 13.6 Å². The number of carbonyl (C=O) groups excluding carboxylic acids is 1. The molecule has 7 N–H and O–H groups in total. The van der Waals surface area contributed by atoms with Gasteiger partial charge >= 0.3 is 88.1 Å². The molecule has 9 heteroatoms. The second-order valence-electron chi connectivity index (χ2n) is 8.04. The van der Waals surface area contributed by atoms with Crippen LogP contribution in [0.25, 0.3) is 0 Å². The van der Waals surface area contributed by atoms with Crippen LogP contribution in [0.2, 0.25) is 0 Å². The van der Waals surface area contributed by atoms with Crippen molar-refractivity contribution in [2.45, 2.75) is 51.0 Å². The number of aromatic hydroxyl groups is 1. The van der Waals surface area contributed by atoms with Crippen molar-refractivity contribution in [3.8, 4) is 5.75 Å². The Bertz CT molecular complexity index is 985. The molecule has 2 aliphatic rings. The van der Waals surface area contributed by atoms with Crippen molar-refractivity contribution in [1.29, 1.82) is 0 Å². The van der Waals surface area contributed by atoms with E-state index >= 15 is 0 Å². The van der Waals surface area contributed by atoms with E-state index < -0.39 is 20.1 Å². The van der Waals surface area contributed by atoms with Gasteiger partial charge in [-0.2, -0.15) is 0 Å². The zero-order valence-corrected chi connectivity index (χ0v) is 19.4. The summed E-state index contributed by atoms with van der Waals surface area (Å²) >= 11 is -4.98. The molecule has 1 fully saturated rings. The van der Waals surface area contributed by atoms with Gasteiger partial charge in [-0.15, -0.1) is 0 Å². The van der Waals surface area contributed by atoms with Crippen molar-refractivity contribution in [2.24, 2.45) is 0 Å². The van der Waals surface area contributed by atoms with Crippen molar-refractivity contribution < 1.29 is 21.8 Å². The van der Waals surface area contributed by atoms with E-state index in [1.807, 2.05) is 6.07 Å². The Morgan fingerprint density at radius 2 is 1.97 bits per heavy atom. The summed E-state index contributed by atoms with van der Waals surface area (Å²) in [6, 6.07) is 10.5. The molecule has 1 aliphatic carbocycles. The minimum atomic E-state index is -4.98. The van der Waals surface area contributed by atoms with Gasteiger partial charge in [0.05, 0.1) is 0 Å². The number of nitrogens with one attached hydrogen (secondary N) is 2. The monoisotopic (exact) mass is 491 g/mol. The molecular formula is C22H30AsN3O5. The fourth-order valence-corrected chi connectivity index (χ4v) is 5.57. The van der Waals surface area contributed by atoms with Crippen molar-refractivity contribution >= 4 is 35.8 Å². The molecule has 2 aromatic rings. The third-order valence-corrected chi connectivity index (χ3v) is 7.80. The SMILES string of the molecule is CC(=O)Nc1cc([As](=O)(O)O)ccc1O.Nc1cccc2c1CCCC2C1CCCN1. The van der Waals surface area contributed by atoms with Crippen molar-refractivity contribution in [3.05, 3.63) is 47.5 Å². The minimum absolute atomic E-state index is 0.00951. The topological polar surface area (TPSA) is 145 Å². The predicted octanol–water partition coefficient (Wildman–Crippen LogP) is 1.35. The first-order chi connectivity index (χ1) is 14.7. The summed E-state index contributed by atoms with van der Waals surface area (Å²) in [5, 5.41) is 15.2. The summed E-state index contributed by atoms with van der Waals surface area (Å²) in [6.45, 7) is 2.42. The molecule has 4 rings (SSSR count). The Hall–Kier alpha value is -2.25. The van der Waals surface area contributed by atoms with Gasteiger partial charge in [0.1, 0.15) is 0 Å². The maximum Gasteiger partial charge on any atom is 0.0349 e. The first-order valence-corrected chi connectivity index (χ1v) is 13.8. The fourth-order valence-electron chi connectivity index (χ4n) is 4.38. The summed E-state index contributed by atoms with van der Waals surface area (Å²) in [5.41, 5.74) is 10.0. The van der Waals surface area contributed by atoms with Crippen LogP contribution in [0.5, 0.6) is 5.75 Å². The Kier molecular flexibility index (Phi) is 7.49. The minimum Gasteiger partial charge on any atom is -0.398 e. The third kappa shape index (κ3) is 5.92. The summed E-state index contributed by atoms with van der Waals surface area (Å²) in [5.74, 6) is 0.0353. The van der Waals surface area contributed by atoms with Gasteiger partial charge in [0.25, 0.3) is 0 Å². The first-order valence-electron chi connectivity index (χ1n) is 10.4. The number of phenols is 1. The van der Waals surface area contributed by atoms with Crippen LogP contribution in [0.3, 0.4) is 0 Å². The molecule has 0 saturated carbocycles. The van der Waals surface area contributed by atoms with Gasteiger partial charge in [-0.1, -0.05) is 12.1 Å². The van der Waals surface area contributed by atoms with Crippen LogP contribution in [-0.4, -0.2) is 46.0 Å². The molecule has 1 amide bonds. The van der Waals surface area contributed by atoms with Crippen molar-refractivity contribution in [3.63, 3.8) is 0 Å². The van der Waals surface area contributed by atoms with E-state index in [0.717, 1.165) is 23.9 Å². The smallest absolute Gasteiger partial charge is 0.0349 e. The number of phenolic OH excluding ortho intramolecular Hbond substituents is 1. The molecule has 0 aromatic heterocycles. The second kappa shape index (κ2) is 9.91. The molecule has 2 unspecified atom stereocenters. The maximum absolute atomic E-state index is 10.9. The van der Waals surface area contributed by atoms with E-state index in [0.29, 0.717) is 12.0 Å². The molecule has 2 atom stereocenters. The number of amides is 1. The summed E-state index contributed by atoms with van der Waals surface area (Å²) in [6.07, 6.45) is 6.46. The zero-order valence-electron chi connectivity index (χ0n) is 17.5. The maximum atomic E-state index is 10.9. The van der Waals surface area contributed by atoms with Crippen LogP contribution >= 0.6 is 0 Å². The molecule has 31 heavy (non-hydrogen) atoms. The van der Waals surface area contributed by atoms with Crippen LogP contribution in [-0.2, 0) is 15.0 Å². The number of hydrogen-bond donors (Lipinski definition) is 6. The molecule has 0 radical (unpaired) electrons. The predicted molar refractivity (Wildman–Crippen MR) is 120 cm³/mol. The van der Waals surface area contributed by atoms with Crippen LogP contribution in [0, 0.1) is 0 Å². The van der Waals surface area contributed by atoms with Crippen molar-refractivity contribution in [1.82, 2.24) is 5.32 Å². The molecule has 1 heterocycles. The number of anilines is 2. The van der Waals surface area contributed by atoms with Crippen LogP contribution in [0.15, 0.2) is 36.4 Å². The van der Waals surface area contributed by atoms with Gasteiger partial charge in [-0.25, -0.2) is 0 Å². The van der Waals surface area contributed by atoms with Gasteiger partial charge in [0.2, 0.25) is 0 Å². The van der Waals surface area contributed by atoms with E-state index in [1.165, 1.54) is 56.7 Å². The fraction of sp³-hybridized carbons (Fsp3) is 0.409. The molecular weight excluding hydrogens is 461 g/mol. The van der Waals surface area contributed by atoms with E-state index in [-0.39, 0.29) is 15.8 Å². The Morgan fingerprint density at radius 1 is 1.19 bits per heavy atom. The van der Waals surface area contributed by atoms with Gasteiger partial charge in [0.15, 0.2) is 0 Å². The summed E-state index contributed by atoms with van der Waals surface area (Å²) in [4.78, 5) is 10.7. The number of nitrogen functional groups attached to an aromatic ring is 1. The summed E-state index contributed by atoms with van der Waals surface area (Å²) < 4.78 is 28.6. The molecule has 0 bridgehead atoms. The molecule has 0 spiro atoms. The van der Waals surface area contributed by atoms with Crippen LogP contribution < -0.4 is 20.7 Å².